The quantitative estimate of drug-likeness (QED) is 0.896. The fourth-order valence-electron chi connectivity index (χ4n) is 2.55. The summed E-state index contributed by atoms with van der Waals surface area (Å²) in [4.78, 5) is 12.0. The maximum atomic E-state index is 13.3. The molecule has 2 N–H and O–H groups in total. The van der Waals surface area contributed by atoms with Crippen LogP contribution in [0.1, 0.15) is 49.9 Å². The van der Waals surface area contributed by atoms with Gasteiger partial charge in [0.1, 0.15) is 5.82 Å². The van der Waals surface area contributed by atoms with E-state index >= 15 is 0 Å². The Morgan fingerprint density at radius 2 is 1.95 bits per heavy atom. The minimum atomic E-state index is -0.865. The number of hydrogen-bond donors (Lipinski definition) is 2. The van der Waals surface area contributed by atoms with Gasteiger partial charge in [0, 0.05) is 12.1 Å². The van der Waals surface area contributed by atoms with Crippen LogP contribution < -0.4 is 5.32 Å². The van der Waals surface area contributed by atoms with Crippen molar-refractivity contribution in [2.24, 2.45) is 5.41 Å². The molecule has 0 unspecified atom stereocenters. The normalized spacial score (nSPS) is 20.0. The van der Waals surface area contributed by atoms with Crippen molar-refractivity contribution in [1.82, 2.24) is 5.32 Å². The molecule has 1 aromatic carbocycles. The lowest BCUT2D eigenvalue weighted by Crippen LogP contribution is -2.46. The summed E-state index contributed by atoms with van der Waals surface area (Å²) in [5, 5.41) is 13.2. The molecule has 0 radical (unpaired) electrons. The van der Waals surface area contributed by atoms with E-state index < -0.39 is 17.3 Å². The van der Waals surface area contributed by atoms with Gasteiger partial charge in [-0.3, -0.25) is 4.79 Å². The topological polar surface area (TPSA) is 49.3 Å². The monoisotopic (exact) mass is 313 g/mol. The Bertz CT molecular complexity index is 535. The predicted octanol–water partition coefficient (Wildman–Crippen LogP) is 3.54. The lowest BCUT2D eigenvalue weighted by atomic mass is 9.71. The zero-order valence-electron chi connectivity index (χ0n) is 12.4. The highest BCUT2D eigenvalue weighted by molar-refractivity contribution is 6.30. The Morgan fingerprint density at radius 3 is 2.52 bits per heavy atom. The first-order valence-corrected chi connectivity index (χ1v) is 7.54. The first-order chi connectivity index (χ1) is 9.71. The molecule has 0 bridgehead atoms. The summed E-state index contributed by atoms with van der Waals surface area (Å²) < 4.78 is 13.3. The smallest absolute Gasteiger partial charge is 0.251 e. The molecule has 1 fully saturated rings. The summed E-state index contributed by atoms with van der Waals surface area (Å²) in [5.41, 5.74) is -0.414. The van der Waals surface area contributed by atoms with E-state index in [1.54, 1.807) is 0 Å². The predicted molar refractivity (Wildman–Crippen MR) is 80.9 cm³/mol. The summed E-state index contributed by atoms with van der Waals surface area (Å²) in [5.74, 6) is -1.02. The van der Waals surface area contributed by atoms with E-state index in [1.807, 2.05) is 0 Å². The minimum Gasteiger partial charge on any atom is -0.388 e. The van der Waals surface area contributed by atoms with E-state index in [9.17, 15) is 14.3 Å². The Hall–Kier alpha value is -1.13. The van der Waals surface area contributed by atoms with Crippen LogP contribution in [0, 0.1) is 11.2 Å². The molecule has 0 saturated heterocycles. The molecule has 21 heavy (non-hydrogen) atoms. The summed E-state index contributed by atoms with van der Waals surface area (Å²) in [6, 6.07) is 3.92. The fraction of sp³-hybridized carbons (Fsp3) is 0.562. The van der Waals surface area contributed by atoms with Crippen molar-refractivity contribution in [3.05, 3.63) is 34.6 Å². The van der Waals surface area contributed by atoms with Crippen molar-refractivity contribution in [2.75, 3.05) is 6.54 Å². The van der Waals surface area contributed by atoms with Gasteiger partial charge in [-0.1, -0.05) is 25.4 Å². The zero-order chi connectivity index (χ0) is 15.7. The van der Waals surface area contributed by atoms with Gasteiger partial charge in [-0.2, -0.15) is 0 Å². The summed E-state index contributed by atoms with van der Waals surface area (Å²) in [6.07, 6.45) is 3.18. The van der Waals surface area contributed by atoms with Gasteiger partial charge in [0.05, 0.1) is 10.6 Å². The lowest BCUT2D eigenvalue weighted by molar-refractivity contribution is -0.0233. The highest BCUT2D eigenvalue weighted by atomic mass is 35.5. The van der Waals surface area contributed by atoms with Crippen LogP contribution in [-0.4, -0.2) is 23.2 Å². The van der Waals surface area contributed by atoms with Crippen LogP contribution in [0.3, 0.4) is 0 Å². The molecule has 116 valence electrons. The van der Waals surface area contributed by atoms with Crippen LogP contribution in [-0.2, 0) is 0 Å². The molecule has 0 spiro atoms. The lowest BCUT2D eigenvalue weighted by Gasteiger charge is -2.40. The molecule has 1 amide bonds. The molecule has 1 aliphatic carbocycles. The Labute approximate surface area is 129 Å². The minimum absolute atomic E-state index is 0.0142. The van der Waals surface area contributed by atoms with Crippen molar-refractivity contribution in [2.45, 2.75) is 45.1 Å². The van der Waals surface area contributed by atoms with Gasteiger partial charge in [0.25, 0.3) is 5.91 Å². The van der Waals surface area contributed by atoms with Crippen molar-refractivity contribution in [3.8, 4) is 0 Å². The zero-order valence-corrected chi connectivity index (χ0v) is 13.1. The maximum Gasteiger partial charge on any atom is 0.251 e. The second-order valence-electron chi connectivity index (χ2n) is 6.70. The Morgan fingerprint density at radius 1 is 1.33 bits per heavy atom. The van der Waals surface area contributed by atoms with Gasteiger partial charge in [-0.25, -0.2) is 4.39 Å². The second-order valence-corrected chi connectivity index (χ2v) is 7.11. The molecule has 0 atom stereocenters. The van der Waals surface area contributed by atoms with Gasteiger partial charge < -0.3 is 10.4 Å². The molecule has 1 aromatic rings. The average molecular weight is 314 g/mol. The van der Waals surface area contributed by atoms with Crippen LogP contribution in [0.5, 0.6) is 0 Å². The first kappa shape index (κ1) is 16.2. The third-order valence-corrected chi connectivity index (χ3v) is 4.60. The van der Waals surface area contributed by atoms with Crippen LogP contribution in [0.25, 0.3) is 0 Å². The summed E-state index contributed by atoms with van der Waals surface area (Å²) in [7, 11) is 0. The molecule has 0 heterocycles. The van der Waals surface area contributed by atoms with E-state index in [0.717, 1.165) is 18.9 Å². The Kier molecular flexibility index (Phi) is 4.59. The van der Waals surface area contributed by atoms with E-state index in [0.29, 0.717) is 12.8 Å². The SMILES string of the molecule is CC1(C)CCC(O)(CNC(=O)c2ccc(Cl)c(F)c2)CC1. The van der Waals surface area contributed by atoms with E-state index in [1.165, 1.54) is 12.1 Å². The van der Waals surface area contributed by atoms with Gasteiger partial charge in [-0.15, -0.1) is 0 Å². The molecule has 0 aromatic heterocycles. The molecule has 3 nitrogen and oxygen atoms in total. The second kappa shape index (κ2) is 5.93. The van der Waals surface area contributed by atoms with Gasteiger partial charge >= 0.3 is 0 Å². The van der Waals surface area contributed by atoms with Crippen LogP contribution in [0.2, 0.25) is 5.02 Å². The number of hydrogen-bond acceptors (Lipinski definition) is 2. The first-order valence-electron chi connectivity index (χ1n) is 7.17. The number of benzene rings is 1. The van der Waals surface area contributed by atoms with Crippen molar-refractivity contribution >= 4 is 17.5 Å². The third kappa shape index (κ3) is 4.17. The van der Waals surface area contributed by atoms with Crippen LogP contribution >= 0.6 is 11.6 Å². The molecule has 2 rings (SSSR count). The Balaban J connectivity index is 1.93. The number of nitrogens with one attached hydrogen (secondary N) is 1. The molecule has 1 aliphatic rings. The van der Waals surface area contributed by atoms with E-state index in [4.69, 9.17) is 11.6 Å². The van der Waals surface area contributed by atoms with E-state index in [-0.39, 0.29) is 22.5 Å². The molecular formula is C16H21ClFNO2. The van der Waals surface area contributed by atoms with Gasteiger partial charge in [0.2, 0.25) is 0 Å². The van der Waals surface area contributed by atoms with Crippen molar-refractivity contribution in [1.29, 1.82) is 0 Å². The standard InChI is InChI=1S/C16H21ClFNO2/c1-15(2)5-7-16(21,8-6-15)10-19-14(20)11-3-4-12(17)13(18)9-11/h3-4,9,21H,5-8,10H2,1-2H3,(H,19,20). The van der Waals surface area contributed by atoms with E-state index in [2.05, 4.69) is 19.2 Å². The summed E-state index contributed by atoms with van der Waals surface area (Å²) in [6.45, 7) is 4.55. The number of carbonyl (C=O) groups excluding carboxylic acids is 1. The number of halogens is 2. The van der Waals surface area contributed by atoms with Crippen LogP contribution in [0.15, 0.2) is 18.2 Å². The maximum absolute atomic E-state index is 13.3. The number of carbonyl (C=O) groups is 1. The largest absolute Gasteiger partial charge is 0.388 e. The average Bonchev–Trinajstić information content (AvgIpc) is 2.43. The van der Waals surface area contributed by atoms with Gasteiger partial charge in [-0.05, 0) is 49.3 Å². The number of amides is 1. The van der Waals surface area contributed by atoms with Crippen molar-refractivity contribution in [3.63, 3.8) is 0 Å². The van der Waals surface area contributed by atoms with Gasteiger partial charge in [0.15, 0.2) is 0 Å². The van der Waals surface area contributed by atoms with Crippen LogP contribution in [0.4, 0.5) is 4.39 Å². The molecular weight excluding hydrogens is 293 g/mol. The fourth-order valence-corrected chi connectivity index (χ4v) is 2.67. The molecule has 5 heteroatoms. The highest BCUT2D eigenvalue weighted by Gasteiger charge is 2.36. The third-order valence-electron chi connectivity index (χ3n) is 4.29. The number of aliphatic hydroxyl groups is 1. The molecule has 0 aliphatic heterocycles. The molecule has 1 saturated carbocycles. The number of rotatable bonds is 3. The summed E-state index contributed by atoms with van der Waals surface area (Å²) >= 11 is 5.59. The highest BCUT2D eigenvalue weighted by Crippen LogP contribution is 2.39. The van der Waals surface area contributed by atoms with Crippen molar-refractivity contribution < 1.29 is 14.3 Å².